The van der Waals surface area contributed by atoms with Gasteiger partial charge in [0.25, 0.3) is 10.2 Å². The van der Waals surface area contributed by atoms with Crippen molar-refractivity contribution in [2.45, 2.75) is 31.8 Å². The minimum atomic E-state index is -0.973. The average Bonchev–Trinajstić information content (AvgIpc) is 3.46. The number of ether oxygens (including phenoxy) is 4. The SMILES string of the molecule is COc1ccccc1OCCN(CC(COc1cccc2[nH]c3ccccc3c12)OC(=O)CCCO[N+](=O)[O-])C(=O)CCCO[N+](=O)[O-]. The highest BCUT2D eigenvalue weighted by Crippen LogP contribution is 2.33. The smallest absolute Gasteiger partial charge is 0.306 e. The van der Waals surface area contributed by atoms with Crippen LogP contribution in [-0.4, -0.2) is 84.7 Å². The fourth-order valence-electron chi connectivity index (χ4n) is 4.98. The van der Waals surface area contributed by atoms with E-state index in [1.54, 1.807) is 30.3 Å². The van der Waals surface area contributed by atoms with E-state index >= 15 is 0 Å². The van der Waals surface area contributed by atoms with Crippen molar-refractivity contribution in [2.75, 3.05) is 46.6 Å². The van der Waals surface area contributed by atoms with Gasteiger partial charge in [-0.2, -0.15) is 0 Å². The third-order valence-corrected chi connectivity index (χ3v) is 7.13. The maximum atomic E-state index is 13.4. The number of rotatable bonds is 21. The Morgan fingerprint density at radius 1 is 0.792 bits per heavy atom. The van der Waals surface area contributed by atoms with Gasteiger partial charge in [0, 0.05) is 29.1 Å². The van der Waals surface area contributed by atoms with Gasteiger partial charge >= 0.3 is 5.97 Å². The highest BCUT2D eigenvalue weighted by Gasteiger charge is 2.24. The molecule has 1 heterocycles. The Balaban J connectivity index is 1.51. The molecule has 0 aliphatic carbocycles. The van der Waals surface area contributed by atoms with E-state index in [0.29, 0.717) is 17.2 Å². The van der Waals surface area contributed by atoms with Gasteiger partial charge in [-0.15, -0.1) is 20.2 Å². The molecule has 0 aliphatic heterocycles. The van der Waals surface area contributed by atoms with Crippen LogP contribution in [0.3, 0.4) is 0 Å². The number of H-pyrrole nitrogens is 1. The number of aromatic nitrogens is 1. The van der Waals surface area contributed by atoms with Gasteiger partial charge in [0.2, 0.25) is 5.91 Å². The second-order valence-electron chi connectivity index (χ2n) is 10.4. The zero-order valence-corrected chi connectivity index (χ0v) is 26.2. The first-order chi connectivity index (χ1) is 23.2. The van der Waals surface area contributed by atoms with E-state index in [2.05, 4.69) is 14.7 Å². The van der Waals surface area contributed by atoms with Crippen molar-refractivity contribution >= 4 is 33.7 Å². The van der Waals surface area contributed by atoms with E-state index in [9.17, 15) is 29.8 Å². The molecule has 48 heavy (non-hydrogen) atoms. The van der Waals surface area contributed by atoms with Crippen LogP contribution < -0.4 is 14.2 Å². The van der Waals surface area contributed by atoms with Gasteiger partial charge in [-0.25, -0.2) is 0 Å². The normalized spacial score (nSPS) is 11.4. The molecule has 1 N–H and O–H groups in total. The number of esters is 1. The van der Waals surface area contributed by atoms with Crippen molar-refractivity contribution in [3.8, 4) is 17.2 Å². The third-order valence-electron chi connectivity index (χ3n) is 7.13. The van der Waals surface area contributed by atoms with Crippen molar-refractivity contribution in [2.24, 2.45) is 0 Å². The fourth-order valence-corrected chi connectivity index (χ4v) is 4.98. The number of aromatic amines is 1. The predicted octanol–water partition coefficient (Wildman–Crippen LogP) is 4.50. The maximum Gasteiger partial charge on any atom is 0.306 e. The largest absolute Gasteiger partial charge is 0.493 e. The van der Waals surface area contributed by atoms with Crippen LogP contribution in [0.2, 0.25) is 0 Å². The van der Waals surface area contributed by atoms with Crippen LogP contribution in [0.25, 0.3) is 21.8 Å². The van der Waals surface area contributed by atoms with Gasteiger partial charge in [0.05, 0.1) is 38.9 Å². The number of nitrogens with zero attached hydrogens (tertiary/aromatic N) is 3. The number of para-hydroxylation sites is 3. The van der Waals surface area contributed by atoms with E-state index in [1.807, 2.05) is 36.4 Å². The van der Waals surface area contributed by atoms with Gasteiger partial charge in [-0.3, -0.25) is 9.59 Å². The minimum absolute atomic E-state index is 0.0356. The summed E-state index contributed by atoms with van der Waals surface area (Å²) in [5.74, 6) is 0.434. The lowest BCUT2D eigenvalue weighted by Gasteiger charge is -2.28. The van der Waals surface area contributed by atoms with Crippen LogP contribution in [0.15, 0.2) is 66.7 Å². The van der Waals surface area contributed by atoms with Gasteiger partial charge in [0.1, 0.15) is 19.0 Å². The molecule has 16 nitrogen and oxygen atoms in total. The topological polar surface area (TPSA) is 195 Å². The highest BCUT2D eigenvalue weighted by molar-refractivity contribution is 6.10. The summed E-state index contributed by atoms with van der Waals surface area (Å²) in [4.78, 5) is 60.6. The number of hydrogen-bond donors (Lipinski definition) is 1. The molecule has 0 bridgehead atoms. The number of hydrogen-bond acceptors (Lipinski definition) is 12. The van der Waals surface area contributed by atoms with Crippen LogP contribution in [0.4, 0.5) is 0 Å². The van der Waals surface area contributed by atoms with E-state index < -0.39 is 22.2 Å². The second kappa shape index (κ2) is 17.8. The summed E-state index contributed by atoms with van der Waals surface area (Å²) >= 11 is 0. The second-order valence-corrected chi connectivity index (χ2v) is 10.4. The highest BCUT2D eigenvalue weighted by atomic mass is 17.0. The van der Waals surface area contributed by atoms with Gasteiger partial charge in [0.15, 0.2) is 17.6 Å². The molecule has 256 valence electrons. The van der Waals surface area contributed by atoms with Crippen molar-refractivity contribution in [3.63, 3.8) is 0 Å². The Kier molecular flexibility index (Phi) is 13.0. The lowest BCUT2D eigenvalue weighted by molar-refractivity contribution is -0.757. The van der Waals surface area contributed by atoms with Crippen LogP contribution in [0.1, 0.15) is 25.7 Å². The molecule has 0 saturated heterocycles. The molecule has 0 aliphatic rings. The molecule has 0 fully saturated rings. The van der Waals surface area contributed by atoms with Gasteiger partial charge in [-0.05, 0) is 43.2 Å². The number of carbonyl (C=O) groups is 2. The summed E-state index contributed by atoms with van der Waals surface area (Å²) in [6, 6.07) is 20.2. The Labute approximate surface area is 274 Å². The summed E-state index contributed by atoms with van der Waals surface area (Å²) in [6.07, 6.45) is -1.13. The van der Waals surface area contributed by atoms with Crippen molar-refractivity contribution < 1.29 is 48.4 Å². The first kappa shape index (κ1) is 35.1. The molecule has 0 radical (unpaired) electrons. The zero-order chi connectivity index (χ0) is 34.3. The molecule has 1 amide bonds. The van der Waals surface area contributed by atoms with Crippen molar-refractivity contribution in [3.05, 3.63) is 87.0 Å². The Bertz CT molecular complexity index is 1690. The Morgan fingerprint density at radius 2 is 1.44 bits per heavy atom. The number of carbonyl (C=O) groups excluding carboxylic acids is 2. The molecule has 16 heteroatoms. The standard InChI is InChI=1S/C32H36N4O12/c1-43-27-12-4-5-13-28(27)44-20-17-34(30(37)15-7-18-46-35(39)40)21-23(48-31(38)16-8-19-47-36(41)42)22-45-29-14-6-11-26-32(29)24-9-2-3-10-25(24)33-26/h2-6,9-14,23,33H,7-8,15-22H2,1H3. The number of fused-ring (bicyclic) bond motifs is 3. The van der Waals surface area contributed by atoms with Crippen molar-refractivity contribution in [1.29, 1.82) is 0 Å². The molecule has 1 aromatic heterocycles. The predicted molar refractivity (Wildman–Crippen MR) is 171 cm³/mol. The first-order valence-electron chi connectivity index (χ1n) is 15.1. The number of methoxy groups -OCH3 is 1. The third kappa shape index (κ3) is 10.4. The summed E-state index contributed by atoms with van der Waals surface area (Å²) in [5, 5.41) is 20.9. The van der Waals surface area contributed by atoms with Crippen LogP contribution in [0, 0.1) is 20.2 Å². The van der Waals surface area contributed by atoms with Gasteiger partial charge in [-0.1, -0.05) is 36.4 Å². The van der Waals surface area contributed by atoms with E-state index in [4.69, 9.17) is 18.9 Å². The number of nitrogens with one attached hydrogen (secondary N) is 1. The van der Waals surface area contributed by atoms with Crippen LogP contribution in [0.5, 0.6) is 17.2 Å². The maximum absolute atomic E-state index is 13.4. The summed E-state index contributed by atoms with van der Waals surface area (Å²) in [6.45, 7) is -0.695. The van der Waals surface area contributed by atoms with Crippen molar-refractivity contribution in [1.82, 2.24) is 9.88 Å². The molecule has 1 atom stereocenters. The molecule has 0 saturated carbocycles. The quantitative estimate of drug-likeness (QED) is 0.0566. The molecule has 4 rings (SSSR count). The Hall–Kier alpha value is -5.80. The lowest BCUT2D eigenvalue weighted by atomic mass is 10.1. The van der Waals surface area contributed by atoms with E-state index in [-0.39, 0.29) is 71.1 Å². The molecular weight excluding hydrogens is 632 g/mol. The van der Waals surface area contributed by atoms with Crippen LogP contribution in [-0.2, 0) is 24.0 Å². The molecule has 3 aromatic carbocycles. The zero-order valence-electron chi connectivity index (χ0n) is 26.2. The molecule has 4 aromatic rings. The van der Waals surface area contributed by atoms with Crippen LogP contribution >= 0.6 is 0 Å². The monoisotopic (exact) mass is 668 g/mol. The number of benzene rings is 3. The summed E-state index contributed by atoms with van der Waals surface area (Å²) in [7, 11) is 1.50. The first-order valence-corrected chi connectivity index (χ1v) is 15.1. The number of amides is 1. The van der Waals surface area contributed by atoms with Gasteiger partial charge < -0.3 is 38.5 Å². The molecule has 1 unspecified atom stereocenters. The lowest BCUT2D eigenvalue weighted by Crippen LogP contribution is -2.43. The molecular formula is C32H36N4O12. The Morgan fingerprint density at radius 3 is 2.17 bits per heavy atom. The summed E-state index contributed by atoms with van der Waals surface area (Å²) < 4.78 is 23.2. The van der Waals surface area contributed by atoms with E-state index in [0.717, 1.165) is 21.8 Å². The average molecular weight is 669 g/mol. The van der Waals surface area contributed by atoms with E-state index in [1.165, 1.54) is 12.0 Å². The minimum Gasteiger partial charge on any atom is -0.493 e. The summed E-state index contributed by atoms with van der Waals surface area (Å²) in [5.41, 5.74) is 1.76. The molecule has 0 spiro atoms. The fraction of sp³-hybridized carbons (Fsp3) is 0.375.